The van der Waals surface area contributed by atoms with Gasteiger partial charge in [0.15, 0.2) is 0 Å². The first-order valence-corrected chi connectivity index (χ1v) is 10.0. The van der Waals surface area contributed by atoms with E-state index in [9.17, 15) is 19.6 Å². The summed E-state index contributed by atoms with van der Waals surface area (Å²) in [5.41, 5.74) is 6.20. The van der Waals surface area contributed by atoms with Gasteiger partial charge in [-0.15, -0.1) is 11.3 Å². The molecule has 1 amide bonds. The van der Waals surface area contributed by atoms with Crippen LogP contribution < -0.4 is 35.3 Å². The number of allylic oxidation sites excluding steroid dienone is 1. The Morgan fingerprint density at radius 2 is 2.00 bits per heavy atom. The summed E-state index contributed by atoms with van der Waals surface area (Å²) in [4.78, 5) is 37.7. The minimum absolute atomic E-state index is 0.0100. The van der Waals surface area contributed by atoms with E-state index in [0.717, 1.165) is 22.0 Å². The van der Waals surface area contributed by atoms with Crippen LogP contribution in [0.2, 0.25) is 0 Å². The highest BCUT2D eigenvalue weighted by Gasteiger charge is 2.36. The molecule has 3 N–H and O–H groups in total. The zero-order valence-corrected chi connectivity index (χ0v) is 18.5. The van der Waals surface area contributed by atoms with Crippen molar-refractivity contribution < 1.29 is 23.8 Å². The first-order chi connectivity index (χ1) is 15.3. The number of ether oxygens (including phenoxy) is 3. The molecule has 1 aromatic heterocycles. The van der Waals surface area contributed by atoms with Crippen LogP contribution in [-0.2, 0) is 14.3 Å². The summed E-state index contributed by atoms with van der Waals surface area (Å²) >= 11 is 0.900. The van der Waals surface area contributed by atoms with Crippen LogP contribution in [0.5, 0.6) is 11.5 Å². The van der Waals surface area contributed by atoms with Gasteiger partial charge in [0, 0.05) is 24.8 Å². The maximum Gasteiger partial charge on any atom is 0.332 e. The zero-order chi connectivity index (χ0) is 23.6. The lowest BCUT2D eigenvalue weighted by molar-refractivity contribution is -0.133. The number of nitrogens with two attached hydrogens (primary N) is 1. The van der Waals surface area contributed by atoms with Gasteiger partial charge in [0.2, 0.25) is 0 Å². The van der Waals surface area contributed by atoms with Crippen LogP contribution in [0.25, 0.3) is 17.5 Å². The van der Waals surface area contributed by atoms with Crippen LogP contribution in [0.1, 0.15) is 11.5 Å². The molecule has 1 atom stereocenters. The molecule has 2 aromatic rings. The Balaban J connectivity index is 2.50. The smallest absolute Gasteiger partial charge is 0.332 e. The van der Waals surface area contributed by atoms with E-state index in [2.05, 4.69) is 10.1 Å². The van der Waals surface area contributed by atoms with Crippen LogP contribution in [0.15, 0.2) is 28.6 Å². The van der Waals surface area contributed by atoms with Crippen LogP contribution in [0, 0.1) is 11.3 Å². The Bertz CT molecular complexity index is 1360. The van der Waals surface area contributed by atoms with Crippen molar-refractivity contribution in [2.24, 2.45) is 5.73 Å². The highest BCUT2D eigenvalue weighted by atomic mass is 32.1. The Labute approximate surface area is 186 Å². The highest BCUT2D eigenvalue weighted by molar-refractivity contribution is 7.07. The molecule has 0 saturated heterocycles. The van der Waals surface area contributed by atoms with Gasteiger partial charge in [0.1, 0.15) is 26.5 Å². The van der Waals surface area contributed by atoms with E-state index in [1.807, 2.05) is 6.07 Å². The SMILES string of the molecule is CNC(=O)C1=c2s/c(=C\C(=O)OC)c(=O)n2C(N)=C(C#N)C1c1ccc(OC)cc1OC. The number of carbonyl (C=O) groups is 2. The number of thiazole rings is 1. The van der Waals surface area contributed by atoms with Crippen molar-refractivity contribution in [2.45, 2.75) is 5.92 Å². The van der Waals surface area contributed by atoms with Gasteiger partial charge in [-0.1, -0.05) is 6.07 Å². The third-order valence-electron chi connectivity index (χ3n) is 4.94. The fraction of sp³-hybridized carbons (Fsp3) is 0.238. The molecule has 0 saturated carbocycles. The molecule has 0 spiro atoms. The van der Waals surface area contributed by atoms with Crippen LogP contribution in [0.3, 0.4) is 0 Å². The van der Waals surface area contributed by atoms with E-state index in [-0.39, 0.29) is 26.2 Å². The third-order valence-corrected chi connectivity index (χ3v) is 6.05. The molecule has 166 valence electrons. The number of amides is 1. The summed E-state index contributed by atoms with van der Waals surface area (Å²) in [6.07, 6.45) is 1.02. The number of methoxy groups -OCH3 is 3. The Kier molecular flexibility index (Phi) is 6.36. The molecular formula is C21H20N4O6S. The Morgan fingerprint density at radius 3 is 2.56 bits per heavy atom. The van der Waals surface area contributed by atoms with Crippen LogP contribution in [0.4, 0.5) is 0 Å². The maximum atomic E-state index is 13.0. The molecule has 0 radical (unpaired) electrons. The number of esters is 1. The second kappa shape index (κ2) is 8.99. The second-order valence-electron chi connectivity index (χ2n) is 6.52. The topological polar surface area (TPSA) is 146 Å². The number of nitrogens with one attached hydrogen (secondary N) is 1. The molecule has 10 nitrogen and oxygen atoms in total. The number of benzene rings is 1. The van der Waals surface area contributed by atoms with Crippen molar-refractivity contribution in [1.29, 1.82) is 5.26 Å². The second-order valence-corrected chi connectivity index (χ2v) is 7.55. The first kappa shape index (κ1) is 22.6. The number of rotatable bonds is 5. The number of fused-ring (bicyclic) bond motifs is 1. The largest absolute Gasteiger partial charge is 0.497 e. The molecule has 11 heteroatoms. The average molecular weight is 456 g/mol. The van der Waals surface area contributed by atoms with Gasteiger partial charge in [-0.25, -0.2) is 4.79 Å². The maximum absolute atomic E-state index is 13.0. The molecular weight excluding hydrogens is 436 g/mol. The average Bonchev–Trinajstić information content (AvgIpc) is 3.13. The number of hydrogen-bond acceptors (Lipinski definition) is 9. The zero-order valence-electron chi connectivity index (χ0n) is 17.7. The van der Waals surface area contributed by atoms with Gasteiger partial charge in [0.05, 0.1) is 44.5 Å². The monoisotopic (exact) mass is 456 g/mol. The van der Waals surface area contributed by atoms with E-state index >= 15 is 0 Å². The van der Waals surface area contributed by atoms with E-state index < -0.39 is 23.4 Å². The van der Waals surface area contributed by atoms with Crippen molar-refractivity contribution in [3.05, 3.63) is 48.9 Å². The molecule has 1 unspecified atom stereocenters. The molecule has 1 aliphatic heterocycles. The fourth-order valence-corrected chi connectivity index (χ4v) is 4.57. The lowest BCUT2D eigenvalue weighted by Gasteiger charge is -2.26. The van der Waals surface area contributed by atoms with Crippen molar-refractivity contribution >= 4 is 40.7 Å². The highest BCUT2D eigenvalue weighted by Crippen LogP contribution is 2.41. The third kappa shape index (κ3) is 3.61. The summed E-state index contributed by atoms with van der Waals surface area (Å²) in [7, 11) is 5.56. The lowest BCUT2D eigenvalue weighted by atomic mass is 9.83. The predicted octanol–water partition coefficient (Wildman–Crippen LogP) is -0.775. The van der Waals surface area contributed by atoms with Gasteiger partial charge in [-0.05, 0) is 6.07 Å². The van der Waals surface area contributed by atoms with Crippen molar-refractivity contribution in [3.63, 3.8) is 0 Å². The summed E-state index contributed by atoms with van der Waals surface area (Å²) in [6.45, 7) is 0. The molecule has 1 aromatic carbocycles. The summed E-state index contributed by atoms with van der Waals surface area (Å²) in [6, 6.07) is 6.98. The van der Waals surface area contributed by atoms with Gasteiger partial charge in [-0.2, -0.15) is 5.26 Å². The van der Waals surface area contributed by atoms with Crippen molar-refractivity contribution in [2.75, 3.05) is 28.4 Å². The molecule has 3 rings (SSSR count). The number of nitriles is 1. The lowest BCUT2D eigenvalue weighted by Crippen LogP contribution is -2.41. The Hall–Kier alpha value is -4.04. The number of nitrogens with zero attached hydrogens (tertiary/aromatic N) is 2. The van der Waals surface area contributed by atoms with E-state index in [0.29, 0.717) is 17.1 Å². The molecule has 0 fully saturated rings. The van der Waals surface area contributed by atoms with Gasteiger partial charge in [-0.3, -0.25) is 14.2 Å². The van der Waals surface area contributed by atoms with E-state index in [1.54, 1.807) is 18.2 Å². The molecule has 0 bridgehead atoms. The Morgan fingerprint density at radius 1 is 1.28 bits per heavy atom. The van der Waals surface area contributed by atoms with Crippen molar-refractivity contribution in [3.8, 4) is 17.6 Å². The normalized spacial score (nSPS) is 15.7. The molecule has 1 aliphatic rings. The molecule has 32 heavy (non-hydrogen) atoms. The predicted molar refractivity (Wildman–Crippen MR) is 117 cm³/mol. The van der Waals surface area contributed by atoms with E-state index in [4.69, 9.17) is 15.2 Å². The van der Waals surface area contributed by atoms with E-state index in [1.165, 1.54) is 28.4 Å². The standard InChI is InChI=1S/C21H20N4O6S/c1-24-19(27)17-16(11-6-5-10(29-2)7-13(11)30-3)12(9-22)18(23)25-20(28)14(32-21(17)25)8-15(26)31-4/h5-8,16H,23H2,1-4H3,(H,24,27)/b14-8-. The fourth-order valence-electron chi connectivity index (χ4n) is 3.44. The van der Waals surface area contributed by atoms with Gasteiger partial charge >= 0.3 is 5.97 Å². The minimum atomic E-state index is -0.926. The number of aromatic nitrogens is 1. The van der Waals surface area contributed by atoms with Crippen molar-refractivity contribution in [1.82, 2.24) is 9.88 Å². The van der Waals surface area contributed by atoms with Crippen LogP contribution >= 0.6 is 11.3 Å². The van der Waals surface area contributed by atoms with Crippen LogP contribution in [-0.4, -0.2) is 44.8 Å². The summed E-state index contributed by atoms with van der Waals surface area (Å²) in [5, 5.41) is 12.5. The number of carbonyl (C=O) groups excluding carboxylic acids is 2. The quantitative estimate of drug-likeness (QED) is 0.558. The number of hydrogen-bond donors (Lipinski definition) is 2. The first-order valence-electron chi connectivity index (χ1n) is 9.22. The molecule has 0 aliphatic carbocycles. The minimum Gasteiger partial charge on any atom is -0.497 e. The van der Waals surface area contributed by atoms with Gasteiger partial charge < -0.3 is 25.3 Å². The van der Waals surface area contributed by atoms with Gasteiger partial charge in [0.25, 0.3) is 11.5 Å². The summed E-state index contributed by atoms with van der Waals surface area (Å²) < 4.78 is 16.6. The summed E-state index contributed by atoms with van der Waals surface area (Å²) in [5.74, 6) is -1.44. The molecule has 2 heterocycles.